The quantitative estimate of drug-likeness (QED) is 0.727. The molecule has 0 N–H and O–H groups in total. The first-order valence-corrected chi connectivity index (χ1v) is 5.55. The second kappa shape index (κ2) is 3.82. The molecule has 0 amide bonds. The van der Waals surface area contributed by atoms with Crippen molar-refractivity contribution in [3.8, 4) is 0 Å². The molecule has 80 valence electrons. The van der Waals surface area contributed by atoms with Gasteiger partial charge in [0.2, 0.25) is 0 Å². The maximum atomic E-state index is 2.35. The van der Waals surface area contributed by atoms with E-state index >= 15 is 0 Å². The summed E-state index contributed by atoms with van der Waals surface area (Å²) in [4.78, 5) is 2.25. The predicted octanol–water partition coefficient (Wildman–Crippen LogP) is 2.92. The first-order chi connectivity index (χ1) is 7.12. The fourth-order valence-electron chi connectivity index (χ4n) is 2.20. The molecule has 0 spiro atoms. The summed E-state index contributed by atoms with van der Waals surface area (Å²) in [5.41, 5.74) is 3.10. The van der Waals surface area contributed by atoms with Crippen LogP contribution in [-0.4, -0.2) is 25.5 Å². The minimum atomic E-state index is 0.237. The van der Waals surface area contributed by atoms with Gasteiger partial charge in [-0.05, 0) is 38.2 Å². The fourth-order valence-corrected chi connectivity index (χ4v) is 2.20. The molecule has 0 aliphatic heterocycles. The SMILES string of the molecule is CN(C)CCC1(C)C=Cc2ccccc21. The van der Waals surface area contributed by atoms with Crippen LogP contribution in [-0.2, 0) is 5.41 Å². The Balaban J connectivity index is 2.21. The second-order valence-corrected chi connectivity index (χ2v) is 4.89. The number of rotatable bonds is 3. The van der Waals surface area contributed by atoms with Crippen LogP contribution in [0.4, 0.5) is 0 Å². The molecule has 1 aliphatic carbocycles. The largest absolute Gasteiger partial charge is 0.309 e. The molecule has 1 aliphatic rings. The zero-order valence-electron chi connectivity index (χ0n) is 9.83. The Bertz CT molecular complexity index is 379. The van der Waals surface area contributed by atoms with Gasteiger partial charge in [-0.3, -0.25) is 0 Å². The summed E-state index contributed by atoms with van der Waals surface area (Å²) in [6.07, 6.45) is 5.79. The monoisotopic (exact) mass is 201 g/mol. The van der Waals surface area contributed by atoms with Crippen molar-refractivity contribution in [2.45, 2.75) is 18.8 Å². The second-order valence-electron chi connectivity index (χ2n) is 4.89. The summed E-state index contributed by atoms with van der Waals surface area (Å²) in [5, 5.41) is 0. The summed E-state index contributed by atoms with van der Waals surface area (Å²) in [7, 11) is 4.27. The summed E-state index contributed by atoms with van der Waals surface area (Å²) >= 11 is 0. The van der Waals surface area contributed by atoms with E-state index in [1.54, 1.807) is 0 Å². The summed E-state index contributed by atoms with van der Waals surface area (Å²) in [5.74, 6) is 0. The average Bonchev–Trinajstić information content (AvgIpc) is 2.56. The van der Waals surface area contributed by atoms with E-state index in [9.17, 15) is 0 Å². The van der Waals surface area contributed by atoms with Crippen LogP contribution < -0.4 is 0 Å². The molecule has 0 saturated carbocycles. The van der Waals surface area contributed by atoms with Gasteiger partial charge in [-0.25, -0.2) is 0 Å². The number of hydrogen-bond acceptors (Lipinski definition) is 1. The molecular formula is C14H19N. The third-order valence-corrected chi connectivity index (χ3v) is 3.29. The van der Waals surface area contributed by atoms with Crippen LogP contribution in [0.3, 0.4) is 0 Å². The minimum Gasteiger partial charge on any atom is -0.309 e. The molecule has 1 atom stereocenters. The molecule has 15 heavy (non-hydrogen) atoms. The van der Waals surface area contributed by atoms with Gasteiger partial charge >= 0.3 is 0 Å². The van der Waals surface area contributed by atoms with Crippen molar-refractivity contribution < 1.29 is 0 Å². The maximum Gasteiger partial charge on any atom is 0.0125 e. The highest BCUT2D eigenvalue weighted by Gasteiger charge is 2.28. The lowest BCUT2D eigenvalue weighted by molar-refractivity contribution is 0.361. The average molecular weight is 201 g/mol. The van der Waals surface area contributed by atoms with Crippen molar-refractivity contribution in [3.63, 3.8) is 0 Å². The van der Waals surface area contributed by atoms with Crippen molar-refractivity contribution >= 4 is 6.08 Å². The van der Waals surface area contributed by atoms with Crippen LogP contribution in [0.5, 0.6) is 0 Å². The lowest BCUT2D eigenvalue weighted by Crippen LogP contribution is -2.24. The van der Waals surface area contributed by atoms with E-state index < -0.39 is 0 Å². The molecule has 2 rings (SSSR count). The van der Waals surface area contributed by atoms with Crippen LogP contribution in [0.2, 0.25) is 0 Å². The van der Waals surface area contributed by atoms with Crippen LogP contribution in [0.25, 0.3) is 6.08 Å². The normalized spacial score (nSPS) is 23.5. The molecular weight excluding hydrogens is 182 g/mol. The predicted molar refractivity (Wildman–Crippen MR) is 66.0 cm³/mol. The van der Waals surface area contributed by atoms with Crippen LogP contribution in [0.15, 0.2) is 30.3 Å². The molecule has 1 nitrogen and oxygen atoms in total. The molecule has 0 bridgehead atoms. The Kier molecular flexibility index (Phi) is 2.66. The van der Waals surface area contributed by atoms with Crippen molar-refractivity contribution in [1.82, 2.24) is 4.90 Å². The maximum absolute atomic E-state index is 2.35. The molecule has 0 heterocycles. The van der Waals surface area contributed by atoms with E-state index in [1.165, 1.54) is 17.5 Å². The van der Waals surface area contributed by atoms with E-state index in [-0.39, 0.29) is 5.41 Å². The van der Waals surface area contributed by atoms with Crippen molar-refractivity contribution in [3.05, 3.63) is 41.5 Å². The van der Waals surface area contributed by atoms with E-state index in [0.29, 0.717) is 0 Å². The van der Waals surface area contributed by atoms with Crippen molar-refractivity contribution in [1.29, 1.82) is 0 Å². The highest BCUT2D eigenvalue weighted by atomic mass is 15.0. The number of allylic oxidation sites excluding steroid dienone is 1. The lowest BCUT2D eigenvalue weighted by Gasteiger charge is -2.26. The van der Waals surface area contributed by atoms with Gasteiger partial charge in [0.25, 0.3) is 0 Å². The molecule has 0 radical (unpaired) electrons. The molecule has 0 saturated heterocycles. The number of fused-ring (bicyclic) bond motifs is 1. The Morgan fingerprint density at radius 3 is 2.67 bits per heavy atom. The summed E-state index contributed by atoms with van der Waals surface area (Å²) in [6, 6.07) is 8.71. The van der Waals surface area contributed by atoms with Gasteiger partial charge in [0.1, 0.15) is 0 Å². The van der Waals surface area contributed by atoms with Crippen LogP contribution in [0, 0.1) is 0 Å². The standard InChI is InChI=1S/C14H19N/c1-14(10-11-15(2)3)9-8-12-6-4-5-7-13(12)14/h4-9H,10-11H2,1-3H3. The van der Waals surface area contributed by atoms with E-state index in [1.807, 2.05) is 0 Å². The lowest BCUT2D eigenvalue weighted by atomic mass is 9.81. The van der Waals surface area contributed by atoms with Gasteiger partial charge < -0.3 is 4.90 Å². The Hall–Kier alpha value is -1.08. The topological polar surface area (TPSA) is 3.24 Å². The van der Waals surface area contributed by atoms with Crippen molar-refractivity contribution in [2.75, 3.05) is 20.6 Å². The van der Waals surface area contributed by atoms with Gasteiger partial charge in [-0.2, -0.15) is 0 Å². The molecule has 1 unspecified atom stereocenters. The Labute approximate surface area is 92.4 Å². The zero-order valence-corrected chi connectivity index (χ0v) is 9.83. The number of benzene rings is 1. The van der Waals surface area contributed by atoms with Crippen molar-refractivity contribution in [2.24, 2.45) is 0 Å². The van der Waals surface area contributed by atoms with Gasteiger partial charge in [-0.1, -0.05) is 43.3 Å². The van der Waals surface area contributed by atoms with Gasteiger partial charge in [0.15, 0.2) is 0 Å². The third-order valence-electron chi connectivity index (χ3n) is 3.29. The van der Waals surface area contributed by atoms with E-state index in [0.717, 1.165) is 6.54 Å². The highest BCUT2D eigenvalue weighted by molar-refractivity contribution is 5.64. The summed E-state index contributed by atoms with van der Waals surface area (Å²) in [6.45, 7) is 3.47. The molecule has 0 aromatic heterocycles. The first kappa shape index (κ1) is 10.4. The fraction of sp³-hybridized carbons (Fsp3) is 0.429. The van der Waals surface area contributed by atoms with E-state index in [2.05, 4.69) is 62.3 Å². The minimum absolute atomic E-state index is 0.237. The van der Waals surface area contributed by atoms with Gasteiger partial charge in [0, 0.05) is 5.41 Å². The Morgan fingerprint density at radius 2 is 1.93 bits per heavy atom. The zero-order chi connectivity index (χ0) is 10.9. The van der Waals surface area contributed by atoms with Gasteiger partial charge in [0.05, 0.1) is 0 Å². The van der Waals surface area contributed by atoms with Crippen LogP contribution in [0.1, 0.15) is 24.5 Å². The Morgan fingerprint density at radius 1 is 1.20 bits per heavy atom. The highest BCUT2D eigenvalue weighted by Crippen LogP contribution is 2.38. The molecule has 0 fully saturated rings. The first-order valence-electron chi connectivity index (χ1n) is 5.55. The number of nitrogens with zero attached hydrogens (tertiary/aromatic N) is 1. The molecule has 1 heteroatoms. The molecule has 1 aromatic carbocycles. The van der Waals surface area contributed by atoms with Crippen LogP contribution >= 0.6 is 0 Å². The molecule has 1 aromatic rings. The smallest absolute Gasteiger partial charge is 0.0125 e. The number of hydrogen-bond donors (Lipinski definition) is 0. The van der Waals surface area contributed by atoms with E-state index in [4.69, 9.17) is 0 Å². The third kappa shape index (κ3) is 1.98. The summed E-state index contributed by atoms with van der Waals surface area (Å²) < 4.78 is 0. The van der Waals surface area contributed by atoms with Gasteiger partial charge in [-0.15, -0.1) is 0 Å².